The van der Waals surface area contributed by atoms with Gasteiger partial charge in [-0.25, -0.2) is 0 Å². The third kappa shape index (κ3) is 7.95. The number of carbonyl (C=O) groups excluding carboxylic acids is 1. The molecule has 4 nitrogen and oxygen atoms in total. The first-order chi connectivity index (χ1) is 7.07. The second kappa shape index (κ2) is 8.25. The Bertz CT molecular complexity index is 221. The maximum Gasteiger partial charge on any atom is 0.237 e. The molecule has 0 spiro atoms. The minimum Gasteiger partial charge on any atom is -0.380 e. The van der Waals surface area contributed by atoms with Crippen LogP contribution in [0.25, 0.3) is 0 Å². The highest BCUT2D eigenvalue weighted by Crippen LogP contribution is 1.98. The molecule has 0 aromatic heterocycles. The molecule has 0 radical (unpaired) electrons. The lowest BCUT2D eigenvalue weighted by atomic mass is 10.1. The fourth-order valence-corrected chi connectivity index (χ4v) is 0.879. The minimum absolute atomic E-state index is 0.232. The summed E-state index contributed by atoms with van der Waals surface area (Å²) in [6.45, 7) is 7.56. The van der Waals surface area contributed by atoms with E-state index in [1.807, 2.05) is 6.07 Å². The maximum atomic E-state index is 11.1. The summed E-state index contributed by atoms with van der Waals surface area (Å²) >= 11 is 0. The summed E-state index contributed by atoms with van der Waals surface area (Å²) in [4.78, 5) is 11.1. The molecule has 0 saturated carbocycles. The van der Waals surface area contributed by atoms with Crippen molar-refractivity contribution < 1.29 is 9.53 Å². The Labute approximate surface area is 91.6 Å². The predicted octanol–water partition coefficient (Wildman–Crippen LogP) is 1.32. The van der Waals surface area contributed by atoms with E-state index in [-0.39, 0.29) is 5.91 Å². The van der Waals surface area contributed by atoms with Crippen molar-refractivity contribution in [3.05, 3.63) is 0 Å². The van der Waals surface area contributed by atoms with Gasteiger partial charge in [0.15, 0.2) is 0 Å². The van der Waals surface area contributed by atoms with Crippen LogP contribution in [0.1, 0.15) is 27.2 Å². The fraction of sp³-hybridized carbons (Fsp3) is 0.818. The molecule has 0 aliphatic carbocycles. The fourth-order valence-electron chi connectivity index (χ4n) is 0.879. The SMILES string of the molecule is CC(C)CCOCCNC(=O)C(C)C#N. The molecule has 1 N–H and O–H groups in total. The molecular weight excluding hydrogens is 192 g/mol. The lowest BCUT2D eigenvalue weighted by Gasteiger charge is -2.08. The number of nitrogens with zero attached hydrogens (tertiary/aromatic N) is 1. The Kier molecular flexibility index (Phi) is 7.65. The van der Waals surface area contributed by atoms with Gasteiger partial charge in [0.1, 0.15) is 5.92 Å². The maximum absolute atomic E-state index is 11.1. The van der Waals surface area contributed by atoms with Crippen LogP contribution < -0.4 is 5.32 Å². The number of ether oxygens (including phenoxy) is 1. The van der Waals surface area contributed by atoms with E-state index in [1.165, 1.54) is 0 Å². The van der Waals surface area contributed by atoms with Gasteiger partial charge in [0.05, 0.1) is 12.7 Å². The largest absolute Gasteiger partial charge is 0.380 e. The average Bonchev–Trinajstić information content (AvgIpc) is 2.21. The Balaban J connectivity index is 3.32. The van der Waals surface area contributed by atoms with Crippen LogP contribution in [0.15, 0.2) is 0 Å². The molecule has 0 bridgehead atoms. The lowest BCUT2D eigenvalue weighted by molar-refractivity contribution is -0.123. The highest BCUT2D eigenvalue weighted by molar-refractivity contribution is 5.80. The van der Waals surface area contributed by atoms with Gasteiger partial charge in [0.2, 0.25) is 5.91 Å². The Morgan fingerprint density at radius 1 is 1.40 bits per heavy atom. The topological polar surface area (TPSA) is 62.1 Å². The number of nitrogens with one attached hydrogen (secondary N) is 1. The summed E-state index contributed by atoms with van der Waals surface area (Å²) in [5, 5.41) is 11.1. The van der Waals surface area contributed by atoms with Gasteiger partial charge in [0, 0.05) is 13.2 Å². The zero-order chi connectivity index (χ0) is 11.7. The van der Waals surface area contributed by atoms with Crippen LogP contribution in [0.4, 0.5) is 0 Å². The van der Waals surface area contributed by atoms with Gasteiger partial charge in [-0.15, -0.1) is 0 Å². The Morgan fingerprint density at radius 3 is 2.60 bits per heavy atom. The van der Waals surface area contributed by atoms with Crippen molar-refractivity contribution in [1.82, 2.24) is 5.32 Å². The molecule has 0 aromatic carbocycles. The van der Waals surface area contributed by atoms with Crippen LogP contribution >= 0.6 is 0 Å². The molecule has 4 heteroatoms. The molecule has 1 amide bonds. The van der Waals surface area contributed by atoms with Crippen molar-refractivity contribution in [2.45, 2.75) is 27.2 Å². The standard InChI is InChI=1S/C11H20N2O2/c1-9(2)4-6-15-7-5-13-11(14)10(3)8-12/h9-10H,4-7H2,1-3H3,(H,13,14). The monoisotopic (exact) mass is 212 g/mol. The summed E-state index contributed by atoms with van der Waals surface area (Å²) in [6.07, 6.45) is 1.03. The first-order valence-corrected chi connectivity index (χ1v) is 5.33. The molecule has 1 unspecified atom stereocenters. The number of amides is 1. The van der Waals surface area contributed by atoms with Crippen molar-refractivity contribution in [3.8, 4) is 6.07 Å². The first-order valence-electron chi connectivity index (χ1n) is 5.33. The van der Waals surface area contributed by atoms with E-state index in [0.717, 1.165) is 13.0 Å². The molecule has 0 aliphatic rings. The van der Waals surface area contributed by atoms with Crippen molar-refractivity contribution >= 4 is 5.91 Å². The van der Waals surface area contributed by atoms with E-state index >= 15 is 0 Å². The summed E-state index contributed by atoms with van der Waals surface area (Å²) in [5.41, 5.74) is 0. The zero-order valence-corrected chi connectivity index (χ0v) is 9.75. The Hall–Kier alpha value is -1.08. The molecule has 0 rings (SSSR count). The highest BCUT2D eigenvalue weighted by Gasteiger charge is 2.09. The molecule has 0 aliphatic heterocycles. The summed E-state index contributed by atoms with van der Waals surface area (Å²) < 4.78 is 5.31. The van der Waals surface area contributed by atoms with Crippen LogP contribution in [0, 0.1) is 23.2 Å². The predicted molar refractivity (Wildman–Crippen MR) is 58.1 cm³/mol. The molecule has 0 fully saturated rings. The summed E-state index contributed by atoms with van der Waals surface area (Å²) in [5.74, 6) is -0.177. The van der Waals surface area contributed by atoms with Crippen LogP contribution in [0.3, 0.4) is 0 Å². The highest BCUT2D eigenvalue weighted by atomic mass is 16.5. The van der Waals surface area contributed by atoms with E-state index in [0.29, 0.717) is 19.1 Å². The molecule has 0 heterocycles. The number of nitriles is 1. The molecule has 0 saturated heterocycles. The van der Waals surface area contributed by atoms with E-state index in [1.54, 1.807) is 6.92 Å². The van der Waals surface area contributed by atoms with Crippen LogP contribution in [0.2, 0.25) is 0 Å². The average molecular weight is 212 g/mol. The van der Waals surface area contributed by atoms with Crippen molar-refractivity contribution in [1.29, 1.82) is 5.26 Å². The molecule has 15 heavy (non-hydrogen) atoms. The van der Waals surface area contributed by atoms with Crippen LogP contribution in [-0.4, -0.2) is 25.7 Å². The molecule has 86 valence electrons. The van der Waals surface area contributed by atoms with E-state index in [4.69, 9.17) is 10.00 Å². The number of hydrogen-bond donors (Lipinski definition) is 1. The third-order valence-corrected chi connectivity index (χ3v) is 1.97. The second-order valence-electron chi connectivity index (χ2n) is 3.94. The van der Waals surface area contributed by atoms with Crippen molar-refractivity contribution in [2.75, 3.05) is 19.8 Å². The number of hydrogen-bond acceptors (Lipinski definition) is 3. The third-order valence-electron chi connectivity index (χ3n) is 1.97. The normalized spacial score (nSPS) is 12.2. The molecule has 1 atom stereocenters. The minimum atomic E-state index is -0.583. The van der Waals surface area contributed by atoms with Gasteiger partial charge >= 0.3 is 0 Å². The van der Waals surface area contributed by atoms with Crippen LogP contribution in [-0.2, 0) is 9.53 Å². The van der Waals surface area contributed by atoms with Gasteiger partial charge in [-0.2, -0.15) is 5.26 Å². The van der Waals surface area contributed by atoms with E-state index in [2.05, 4.69) is 19.2 Å². The summed E-state index contributed by atoms with van der Waals surface area (Å²) in [6, 6.07) is 1.88. The second-order valence-corrected chi connectivity index (χ2v) is 3.94. The zero-order valence-electron chi connectivity index (χ0n) is 9.75. The smallest absolute Gasteiger partial charge is 0.237 e. The number of rotatable bonds is 7. The van der Waals surface area contributed by atoms with E-state index in [9.17, 15) is 4.79 Å². The van der Waals surface area contributed by atoms with Crippen molar-refractivity contribution in [3.63, 3.8) is 0 Å². The molecule has 0 aromatic rings. The van der Waals surface area contributed by atoms with Crippen LogP contribution in [0.5, 0.6) is 0 Å². The van der Waals surface area contributed by atoms with Gasteiger partial charge < -0.3 is 10.1 Å². The van der Waals surface area contributed by atoms with Gasteiger partial charge in [-0.05, 0) is 19.3 Å². The first kappa shape index (κ1) is 13.9. The van der Waals surface area contributed by atoms with Gasteiger partial charge in [-0.3, -0.25) is 4.79 Å². The lowest BCUT2D eigenvalue weighted by Crippen LogP contribution is -2.31. The molecular formula is C11H20N2O2. The van der Waals surface area contributed by atoms with Crippen molar-refractivity contribution in [2.24, 2.45) is 11.8 Å². The van der Waals surface area contributed by atoms with Gasteiger partial charge in [0.25, 0.3) is 0 Å². The summed E-state index contributed by atoms with van der Waals surface area (Å²) in [7, 11) is 0. The van der Waals surface area contributed by atoms with E-state index < -0.39 is 5.92 Å². The quantitative estimate of drug-likeness (QED) is 0.647. The Morgan fingerprint density at radius 2 is 2.07 bits per heavy atom. The number of carbonyl (C=O) groups is 1. The van der Waals surface area contributed by atoms with Gasteiger partial charge in [-0.1, -0.05) is 13.8 Å².